The monoisotopic (exact) mass is 250 g/mol. The molecule has 0 aromatic carbocycles. The summed E-state index contributed by atoms with van der Waals surface area (Å²) in [7, 11) is 0. The van der Waals surface area contributed by atoms with Gasteiger partial charge in [0.05, 0.1) is 5.92 Å². The molecule has 2 heteroatoms. The second kappa shape index (κ2) is 4.11. The Balaban J connectivity index is 2.50. The van der Waals surface area contributed by atoms with Crippen LogP contribution < -0.4 is 0 Å². The van der Waals surface area contributed by atoms with Crippen molar-refractivity contribution in [3.63, 3.8) is 0 Å². The van der Waals surface area contributed by atoms with Crippen molar-refractivity contribution in [2.75, 3.05) is 0 Å². The van der Waals surface area contributed by atoms with Crippen molar-refractivity contribution in [2.24, 2.45) is 22.7 Å². The summed E-state index contributed by atoms with van der Waals surface area (Å²) >= 11 is 0. The van der Waals surface area contributed by atoms with Crippen LogP contribution in [0.2, 0.25) is 0 Å². The van der Waals surface area contributed by atoms with Crippen LogP contribution in [0.4, 0.5) is 0 Å². The third-order valence-corrected chi connectivity index (χ3v) is 5.28. The van der Waals surface area contributed by atoms with E-state index in [1.807, 2.05) is 0 Å². The zero-order chi connectivity index (χ0) is 13.7. The fourth-order valence-corrected chi connectivity index (χ4v) is 4.11. The average Bonchev–Trinajstić information content (AvgIpc) is 2.66. The zero-order valence-electron chi connectivity index (χ0n) is 12.3. The molecule has 0 bridgehead atoms. The molecule has 0 fully saturated rings. The maximum atomic E-state index is 11.5. The minimum absolute atomic E-state index is 0.184. The molecule has 18 heavy (non-hydrogen) atoms. The second-order valence-electron chi connectivity index (χ2n) is 7.32. The summed E-state index contributed by atoms with van der Waals surface area (Å²) in [5.41, 5.74) is 3.32. The zero-order valence-corrected chi connectivity index (χ0v) is 12.3. The standard InChI is InChI=1S/C16H26O2/c1-6-10-11(14(17)18)9-12-13(10)16(4,5)8-7-15(12,2)3/h10-11H,6-9H2,1-5H3,(H,17,18). The molecule has 0 saturated carbocycles. The lowest BCUT2D eigenvalue weighted by molar-refractivity contribution is -0.142. The van der Waals surface area contributed by atoms with Crippen LogP contribution in [0.3, 0.4) is 0 Å². The smallest absolute Gasteiger partial charge is 0.307 e. The highest BCUT2D eigenvalue weighted by molar-refractivity contribution is 5.73. The number of rotatable bonds is 2. The summed E-state index contributed by atoms with van der Waals surface area (Å²) in [5.74, 6) is -0.536. The second-order valence-corrected chi connectivity index (χ2v) is 7.32. The highest BCUT2D eigenvalue weighted by Gasteiger charge is 2.49. The van der Waals surface area contributed by atoms with E-state index in [1.54, 1.807) is 0 Å². The molecule has 2 rings (SSSR count). The average molecular weight is 250 g/mol. The third kappa shape index (κ3) is 1.90. The van der Waals surface area contributed by atoms with Gasteiger partial charge in [-0.2, -0.15) is 0 Å². The van der Waals surface area contributed by atoms with E-state index in [0.717, 1.165) is 12.8 Å². The van der Waals surface area contributed by atoms with Crippen LogP contribution in [0, 0.1) is 22.7 Å². The number of aliphatic carboxylic acids is 1. The molecule has 0 spiro atoms. The fourth-order valence-electron chi connectivity index (χ4n) is 4.11. The predicted octanol–water partition coefficient (Wildman–Crippen LogP) is 4.26. The van der Waals surface area contributed by atoms with E-state index in [-0.39, 0.29) is 22.7 Å². The molecule has 0 amide bonds. The Labute approximate surface area is 110 Å². The first kappa shape index (κ1) is 13.6. The van der Waals surface area contributed by atoms with Gasteiger partial charge in [0, 0.05) is 0 Å². The summed E-state index contributed by atoms with van der Waals surface area (Å²) in [4.78, 5) is 11.5. The lowest BCUT2D eigenvalue weighted by atomic mass is 9.62. The number of carboxylic acid groups (broad SMARTS) is 1. The van der Waals surface area contributed by atoms with Crippen molar-refractivity contribution in [3.05, 3.63) is 11.1 Å². The third-order valence-electron chi connectivity index (χ3n) is 5.28. The Morgan fingerprint density at radius 1 is 1.22 bits per heavy atom. The van der Waals surface area contributed by atoms with E-state index >= 15 is 0 Å². The topological polar surface area (TPSA) is 37.3 Å². The quantitative estimate of drug-likeness (QED) is 0.743. The van der Waals surface area contributed by atoms with Crippen LogP contribution in [-0.2, 0) is 4.79 Å². The Kier molecular flexibility index (Phi) is 3.11. The maximum Gasteiger partial charge on any atom is 0.307 e. The highest BCUT2D eigenvalue weighted by Crippen LogP contribution is 2.59. The molecular formula is C16H26O2. The minimum Gasteiger partial charge on any atom is -0.481 e. The Bertz CT molecular complexity index is 401. The van der Waals surface area contributed by atoms with Crippen LogP contribution in [-0.4, -0.2) is 11.1 Å². The van der Waals surface area contributed by atoms with Gasteiger partial charge in [0.15, 0.2) is 0 Å². The molecule has 2 aliphatic rings. The Morgan fingerprint density at radius 2 is 1.78 bits per heavy atom. The first-order valence-corrected chi connectivity index (χ1v) is 7.17. The van der Waals surface area contributed by atoms with Crippen molar-refractivity contribution >= 4 is 5.97 Å². The molecule has 0 heterocycles. The molecule has 0 aromatic rings. The molecule has 102 valence electrons. The van der Waals surface area contributed by atoms with E-state index in [4.69, 9.17) is 0 Å². The number of carboxylic acids is 1. The molecule has 0 aliphatic heterocycles. The summed E-state index contributed by atoms with van der Waals surface area (Å²) in [6.07, 6.45) is 4.10. The van der Waals surface area contributed by atoms with Crippen LogP contribution in [0.15, 0.2) is 11.1 Å². The van der Waals surface area contributed by atoms with Gasteiger partial charge in [0.1, 0.15) is 0 Å². The molecule has 2 unspecified atom stereocenters. The van der Waals surface area contributed by atoms with Gasteiger partial charge in [-0.15, -0.1) is 0 Å². The molecule has 0 aromatic heterocycles. The van der Waals surface area contributed by atoms with Crippen molar-refractivity contribution in [2.45, 2.75) is 60.3 Å². The van der Waals surface area contributed by atoms with Gasteiger partial charge in [-0.1, -0.05) is 45.8 Å². The largest absolute Gasteiger partial charge is 0.481 e. The normalized spacial score (nSPS) is 33.4. The van der Waals surface area contributed by atoms with E-state index in [9.17, 15) is 9.90 Å². The molecule has 2 atom stereocenters. The first-order valence-electron chi connectivity index (χ1n) is 7.17. The summed E-state index contributed by atoms with van der Waals surface area (Å²) < 4.78 is 0. The van der Waals surface area contributed by atoms with E-state index in [2.05, 4.69) is 34.6 Å². The van der Waals surface area contributed by atoms with Crippen molar-refractivity contribution < 1.29 is 9.90 Å². The van der Waals surface area contributed by atoms with Crippen molar-refractivity contribution in [1.29, 1.82) is 0 Å². The van der Waals surface area contributed by atoms with E-state index < -0.39 is 5.97 Å². The number of carbonyl (C=O) groups is 1. The van der Waals surface area contributed by atoms with Crippen molar-refractivity contribution in [1.82, 2.24) is 0 Å². The first-order chi connectivity index (χ1) is 8.20. The van der Waals surface area contributed by atoms with E-state index in [0.29, 0.717) is 0 Å². The van der Waals surface area contributed by atoms with E-state index in [1.165, 1.54) is 24.0 Å². The predicted molar refractivity (Wildman–Crippen MR) is 73.3 cm³/mol. The summed E-state index contributed by atoms with van der Waals surface area (Å²) in [5, 5.41) is 9.48. The van der Waals surface area contributed by atoms with Gasteiger partial charge in [0.2, 0.25) is 0 Å². The lowest BCUT2D eigenvalue weighted by Crippen LogP contribution is -2.31. The SMILES string of the molecule is CCC1C2=C(CC1C(=O)O)C(C)(C)CCC2(C)C. The van der Waals surface area contributed by atoms with Crippen LogP contribution in [0.25, 0.3) is 0 Å². The summed E-state index contributed by atoms with van der Waals surface area (Å²) in [6, 6.07) is 0. The number of hydrogen-bond acceptors (Lipinski definition) is 1. The molecule has 0 saturated heterocycles. The van der Waals surface area contributed by atoms with Crippen LogP contribution in [0.1, 0.15) is 60.3 Å². The van der Waals surface area contributed by atoms with Gasteiger partial charge >= 0.3 is 5.97 Å². The number of hydrogen-bond donors (Lipinski definition) is 1. The summed E-state index contributed by atoms with van der Waals surface area (Å²) in [6.45, 7) is 11.3. The fraction of sp³-hybridized carbons (Fsp3) is 0.812. The molecule has 1 N–H and O–H groups in total. The van der Waals surface area contributed by atoms with Crippen LogP contribution >= 0.6 is 0 Å². The van der Waals surface area contributed by atoms with Gasteiger partial charge in [0.25, 0.3) is 0 Å². The number of allylic oxidation sites excluding steroid dienone is 2. The van der Waals surface area contributed by atoms with Gasteiger partial charge in [-0.3, -0.25) is 4.79 Å². The lowest BCUT2D eigenvalue weighted by Gasteiger charge is -2.43. The van der Waals surface area contributed by atoms with Gasteiger partial charge in [-0.05, 0) is 42.4 Å². The highest BCUT2D eigenvalue weighted by atomic mass is 16.4. The molecule has 0 radical (unpaired) electrons. The van der Waals surface area contributed by atoms with Crippen molar-refractivity contribution in [3.8, 4) is 0 Å². The molecular weight excluding hydrogens is 224 g/mol. The Morgan fingerprint density at radius 3 is 2.28 bits per heavy atom. The van der Waals surface area contributed by atoms with Gasteiger partial charge in [-0.25, -0.2) is 0 Å². The maximum absolute atomic E-state index is 11.5. The van der Waals surface area contributed by atoms with Crippen LogP contribution in [0.5, 0.6) is 0 Å². The minimum atomic E-state index is -0.608. The van der Waals surface area contributed by atoms with Gasteiger partial charge < -0.3 is 5.11 Å². The molecule has 2 aliphatic carbocycles. The Hall–Kier alpha value is -0.790. The molecule has 2 nitrogen and oxygen atoms in total.